The Morgan fingerprint density at radius 2 is 0.696 bits per heavy atom. The molecule has 0 saturated carbocycles. The van der Waals surface area contributed by atoms with Crippen LogP contribution in [-0.2, 0) is 0 Å². The molecule has 0 amide bonds. The van der Waals surface area contributed by atoms with E-state index >= 15 is 0 Å². The van der Waals surface area contributed by atoms with E-state index in [1.807, 2.05) is 0 Å². The van der Waals surface area contributed by atoms with Crippen molar-refractivity contribution < 1.29 is 0 Å². The third-order valence-corrected chi connectivity index (χ3v) is 9.47. The fourth-order valence-electron chi connectivity index (χ4n) is 7.40. The second-order valence-corrected chi connectivity index (χ2v) is 12.0. The normalized spacial score (nSPS) is 11.5. The van der Waals surface area contributed by atoms with Crippen LogP contribution < -0.4 is 0 Å². The van der Waals surface area contributed by atoms with Crippen molar-refractivity contribution in [2.75, 3.05) is 0 Å². The highest BCUT2D eigenvalue weighted by molar-refractivity contribution is 6.25. The van der Waals surface area contributed by atoms with Crippen molar-refractivity contribution in [2.24, 2.45) is 0 Å². The lowest BCUT2D eigenvalue weighted by molar-refractivity contribution is 1.62. The average molecular weight is 583 g/mol. The Bertz CT molecular complexity index is 2500. The third kappa shape index (κ3) is 4.23. The summed E-state index contributed by atoms with van der Waals surface area (Å²) in [6.45, 7) is 0. The Morgan fingerprint density at radius 1 is 0.217 bits per heavy atom. The van der Waals surface area contributed by atoms with E-state index in [0.717, 1.165) is 0 Å². The maximum atomic E-state index is 2.38. The summed E-state index contributed by atoms with van der Waals surface area (Å²) in [6.07, 6.45) is 0. The van der Waals surface area contributed by atoms with Gasteiger partial charge in [0.1, 0.15) is 0 Å². The largest absolute Gasteiger partial charge is 0.0622 e. The standard InChI is InChI=1S/C46H30/c1-3-14-31(15-4-1)34-26-27-37-43(29-28-36(44(37)30-34)32-16-5-2-6-17-32)46-41-23-11-9-21-39(41)45(40-22-10-12-24-42(40)46)38-25-13-19-33-18-7-8-20-35(33)38/h1-30H. The Kier molecular flexibility index (Phi) is 6.25. The molecule has 46 heavy (non-hydrogen) atoms. The zero-order valence-corrected chi connectivity index (χ0v) is 25.3. The summed E-state index contributed by atoms with van der Waals surface area (Å²) in [5.74, 6) is 0. The van der Waals surface area contributed by atoms with Gasteiger partial charge in [-0.2, -0.15) is 0 Å². The molecule has 0 heteroatoms. The molecule has 9 rings (SSSR count). The van der Waals surface area contributed by atoms with E-state index in [-0.39, 0.29) is 0 Å². The maximum Gasteiger partial charge on any atom is -0.00201 e. The number of fused-ring (bicyclic) bond motifs is 4. The molecule has 0 radical (unpaired) electrons. The lowest BCUT2D eigenvalue weighted by Gasteiger charge is -2.20. The van der Waals surface area contributed by atoms with Gasteiger partial charge in [0.15, 0.2) is 0 Å². The first-order valence-corrected chi connectivity index (χ1v) is 15.9. The van der Waals surface area contributed by atoms with E-state index in [1.165, 1.54) is 87.6 Å². The number of hydrogen-bond donors (Lipinski definition) is 0. The van der Waals surface area contributed by atoms with Crippen molar-refractivity contribution in [3.8, 4) is 44.5 Å². The topological polar surface area (TPSA) is 0 Å². The van der Waals surface area contributed by atoms with E-state index < -0.39 is 0 Å². The Hall–Kier alpha value is -5.98. The van der Waals surface area contributed by atoms with Gasteiger partial charge in [-0.05, 0) is 93.7 Å². The van der Waals surface area contributed by atoms with Crippen LogP contribution in [0.3, 0.4) is 0 Å². The minimum Gasteiger partial charge on any atom is -0.0622 e. The van der Waals surface area contributed by atoms with Gasteiger partial charge in [-0.25, -0.2) is 0 Å². The van der Waals surface area contributed by atoms with Crippen LogP contribution in [0.25, 0.3) is 87.6 Å². The molecule has 0 aliphatic carbocycles. The molecular formula is C46H30. The van der Waals surface area contributed by atoms with Crippen LogP contribution in [0.4, 0.5) is 0 Å². The van der Waals surface area contributed by atoms with E-state index in [0.29, 0.717) is 0 Å². The minimum absolute atomic E-state index is 1.23. The van der Waals surface area contributed by atoms with Crippen LogP contribution in [0.1, 0.15) is 0 Å². The van der Waals surface area contributed by atoms with E-state index in [2.05, 4.69) is 182 Å². The lowest BCUT2D eigenvalue weighted by Crippen LogP contribution is -1.93. The molecule has 9 aromatic rings. The molecule has 0 bridgehead atoms. The second kappa shape index (κ2) is 10.9. The quantitative estimate of drug-likeness (QED) is 0.181. The Labute approximate surface area is 268 Å². The monoisotopic (exact) mass is 582 g/mol. The summed E-state index contributed by atoms with van der Waals surface area (Å²) >= 11 is 0. The maximum absolute atomic E-state index is 2.38. The Balaban J connectivity index is 1.40. The zero-order chi connectivity index (χ0) is 30.5. The van der Waals surface area contributed by atoms with Gasteiger partial charge in [0.2, 0.25) is 0 Å². The highest BCUT2D eigenvalue weighted by atomic mass is 14.2. The first-order chi connectivity index (χ1) is 22.8. The predicted octanol–water partition coefficient (Wildman–Crippen LogP) is 13.0. The van der Waals surface area contributed by atoms with Crippen LogP contribution in [-0.4, -0.2) is 0 Å². The average Bonchev–Trinajstić information content (AvgIpc) is 3.14. The summed E-state index contributed by atoms with van der Waals surface area (Å²) in [4.78, 5) is 0. The first-order valence-electron chi connectivity index (χ1n) is 15.9. The van der Waals surface area contributed by atoms with E-state index in [9.17, 15) is 0 Å². The van der Waals surface area contributed by atoms with Crippen LogP contribution in [0.2, 0.25) is 0 Å². The second-order valence-electron chi connectivity index (χ2n) is 12.0. The lowest BCUT2D eigenvalue weighted by atomic mass is 9.82. The number of hydrogen-bond acceptors (Lipinski definition) is 0. The van der Waals surface area contributed by atoms with Crippen molar-refractivity contribution in [3.63, 3.8) is 0 Å². The molecule has 0 aromatic heterocycles. The number of benzene rings is 9. The molecule has 0 nitrogen and oxygen atoms in total. The SMILES string of the molecule is c1ccc(-c2ccc3c(-c4c5ccccc5c(-c5cccc6ccccc56)c5ccccc45)ccc(-c4ccccc4)c3c2)cc1. The Morgan fingerprint density at radius 3 is 1.33 bits per heavy atom. The highest BCUT2D eigenvalue weighted by Crippen LogP contribution is 2.47. The van der Waals surface area contributed by atoms with Crippen LogP contribution in [0.5, 0.6) is 0 Å². The summed E-state index contributed by atoms with van der Waals surface area (Å²) < 4.78 is 0. The molecule has 0 atom stereocenters. The third-order valence-electron chi connectivity index (χ3n) is 9.47. The minimum atomic E-state index is 1.23. The van der Waals surface area contributed by atoms with Crippen molar-refractivity contribution in [1.29, 1.82) is 0 Å². The first kappa shape index (κ1) is 26.4. The molecule has 0 spiro atoms. The molecule has 214 valence electrons. The molecule has 0 fully saturated rings. The molecule has 9 aromatic carbocycles. The molecule has 0 aliphatic rings. The molecule has 0 aliphatic heterocycles. The fraction of sp³-hybridized carbons (Fsp3) is 0. The van der Waals surface area contributed by atoms with Crippen molar-refractivity contribution in [1.82, 2.24) is 0 Å². The van der Waals surface area contributed by atoms with Gasteiger partial charge in [-0.1, -0.05) is 176 Å². The van der Waals surface area contributed by atoms with Gasteiger partial charge in [0, 0.05) is 0 Å². The van der Waals surface area contributed by atoms with Crippen LogP contribution in [0.15, 0.2) is 182 Å². The highest BCUT2D eigenvalue weighted by Gasteiger charge is 2.20. The van der Waals surface area contributed by atoms with Crippen molar-refractivity contribution in [2.45, 2.75) is 0 Å². The summed E-state index contributed by atoms with van der Waals surface area (Å²) in [6, 6.07) is 66.5. The predicted molar refractivity (Wildman–Crippen MR) is 198 cm³/mol. The van der Waals surface area contributed by atoms with Gasteiger partial charge < -0.3 is 0 Å². The van der Waals surface area contributed by atoms with Gasteiger partial charge in [0.05, 0.1) is 0 Å². The van der Waals surface area contributed by atoms with E-state index in [4.69, 9.17) is 0 Å². The summed E-state index contributed by atoms with van der Waals surface area (Å²) in [7, 11) is 0. The summed E-state index contributed by atoms with van der Waals surface area (Å²) in [5, 5.41) is 10.1. The number of rotatable bonds is 4. The van der Waals surface area contributed by atoms with Crippen LogP contribution >= 0.6 is 0 Å². The van der Waals surface area contributed by atoms with Gasteiger partial charge >= 0.3 is 0 Å². The van der Waals surface area contributed by atoms with Crippen LogP contribution in [0, 0.1) is 0 Å². The van der Waals surface area contributed by atoms with Crippen molar-refractivity contribution in [3.05, 3.63) is 182 Å². The van der Waals surface area contributed by atoms with Gasteiger partial charge in [0.25, 0.3) is 0 Å². The smallest absolute Gasteiger partial charge is 0.00201 e. The molecule has 0 unspecified atom stereocenters. The molecule has 0 heterocycles. The zero-order valence-electron chi connectivity index (χ0n) is 25.3. The van der Waals surface area contributed by atoms with Crippen molar-refractivity contribution >= 4 is 43.1 Å². The summed E-state index contributed by atoms with van der Waals surface area (Å²) in [5.41, 5.74) is 10.0. The fourth-order valence-corrected chi connectivity index (χ4v) is 7.40. The van der Waals surface area contributed by atoms with Gasteiger partial charge in [-0.15, -0.1) is 0 Å². The molecule has 0 saturated heterocycles. The molecular weight excluding hydrogens is 553 g/mol. The molecule has 0 N–H and O–H groups in total. The van der Waals surface area contributed by atoms with Gasteiger partial charge in [-0.3, -0.25) is 0 Å². The van der Waals surface area contributed by atoms with E-state index in [1.54, 1.807) is 0 Å².